The fraction of sp³-hybridized carbons (Fsp3) is 0.500. The van der Waals surface area contributed by atoms with Gasteiger partial charge < -0.3 is 14.6 Å². The van der Waals surface area contributed by atoms with E-state index in [9.17, 15) is 4.79 Å². The molecule has 0 atom stereocenters. The molecule has 0 aromatic heterocycles. The van der Waals surface area contributed by atoms with E-state index in [1.54, 1.807) is 0 Å². The zero-order valence-electron chi connectivity index (χ0n) is 10.3. The molecule has 0 saturated carbocycles. The molecule has 98 valence electrons. The van der Waals surface area contributed by atoms with Crippen LogP contribution in [0.3, 0.4) is 0 Å². The van der Waals surface area contributed by atoms with Gasteiger partial charge in [0.1, 0.15) is 0 Å². The van der Waals surface area contributed by atoms with E-state index in [-0.39, 0.29) is 6.42 Å². The molecule has 0 aliphatic carbocycles. The van der Waals surface area contributed by atoms with E-state index >= 15 is 0 Å². The molecule has 1 fully saturated rings. The zero-order chi connectivity index (χ0) is 12.8. The zero-order valence-corrected chi connectivity index (χ0v) is 10.3. The number of ether oxygens (including phenoxy) is 2. The second kappa shape index (κ2) is 5.98. The van der Waals surface area contributed by atoms with Gasteiger partial charge in [-0.05, 0) is 5.56 Å². The summed E-state index contributed by atoms with van der Waals surface area (Å²) in [6.07, 6.45) is 1.33. The number of carboxylic acids is 1. The van der Waals surface area contributed by atoms with Crippen molar-refractivity contribution < 1.29 is 19.4 Å². The van der Waals surface area contributed by atoms with Crippen LogP contribution < -0.4 is 0 Å². The van der Waals surface area contributed by atoms with Crippen molar-refractivity contribution in [2.75, 3.05) is 13.2 Å². The van der Waals surface area contributed by atoms with Gasteiger partial charge in [0.25, 0.3) is 0 Å². The second-order valence-corrected chi connectivity index (χ2v) is 4.64. The van der Waals surface area contributed by atoms with Crippen LogP contribution in [0.5, 0.6) is 0 Å². The maximum Gasteiger partial charge on any atom is 0.306 e. The normalized spacial score (nSPS) is 18.4. The largest absolute Gasteiger partial charge is 0.481 e. The first-order chi connectivity index (χ1) is 8.70. The molecular weight excluding hydrogens is 232 g/mol. The van der Waals surface area contributed by atoms with Gasteiger partial charge in [-0.15, -0.1) is 0 Å². The summed E-state index contributed by atoms with van der Waals surface area (Å²) >= 11 is 0. The Morgan fingerprint density at radius 3 is 2.56 bits per heavy atom. The van der Waals surface area contributed by atoms with Crippen molar-refractivity contribution >= 4 is 5.97 Å². The van der Waals surface area contributed by atoms with Crippen LogP contribution in [0.25, 0.3) is 0 Å². The van der Waals surface area contributed by atoms with Crippen LogP contribution >= 0.6 is 0 Å². The summed E-state index contributed by atoms with van der Waals surface area (Å²) in [5.74, 6) is -0.815. The Morgan fingerprint density at radius 2 is 1.94 bits per heavy atom. The monoisotopic (exact) mass is 250 g/mol. The number of rotatable bonds is 5. The van der Waals surface area contributed by atoms with Gasteiger partial charge >= 0.3 is 5.97 Å². The van der Waals surface area contributed by atoms with E-state index in [1.165, 1.54) is 0 Å². The minimum Gasteiger partial charge on any atom is -0.481 e. The third-order valence-electron chi connectivity index (χ3n) is 3.27. The average molecular weight is 250 g/mol. The third-order valence-corrected chi connectivity index (χ3v) is 3.27. The van der Waals surface area contributed by atoms with Crippen LogP contribution in [0.1, 0.15) is 24.8 Å². The summed E-state index contributed by atoms with van der Waals surface area (Å²) < 4.78 is 11.2. The number of hydrogen-bond acceptors (Lipinski definition) is 3. The third kappa shape index (κ3) is 3.55. The van der Waals surface area contributed by atoms with Gasteiger partial charge in [-0.3, -0.25) is 4.79 Å². The molecule has 0 unspecified atom stereocenters. The lowest BCUT2D eigenvalue weighted by molar-refractivity contribution is -0.157. The minimum atomic E-state index is -0.815. The lowest BCUT2D eigenvalue weighted by atomic mass is 9.90. The summed E-state index contributed by atoms with van der Waals surface area (Å²) in [4.78, 5) is 11.0. The number of benzene rings is 1. The highest BCUT2D eigenvalue weighted by molar-refractivity contribution is 5.68. The molecule has 0 amide bonds. The summed E-state index contributed by atoms with van der Waals surface area (Å²) in [5.41, 5.74) is 0.494. The first-order valence-corrected chi connectivity index (χ1v) is 6.18. The molecule has 1 aromatic carbocycles. The number of carboxylic acid groups (broad SMARTS) is 1. The van der Waals surface area contributed by atoms with Crippen LogP contribution in [0.2, 0.25) is 0 Å². The van der Waals surface area contributed by atoms with Gasteiger partial charge in [-0.1, -0.05) is 30.3 Å². The van der Waals surface area contributed by atoms with Crippen LogP contribution in [-0.4, -0.2) is 29.9 Å². The highest BCUT2D eigenvalue weighted by Crippen LogP contribution is 2.30. The number of hydrogen-bond donors (Lipinski definition) is 1. The summed E-state index contributed by atoms with van der Waals surface area (Å²) in [6.45, 7) is 1.60. The molecule has 0 radical (unpaired) electrons. The Hall–Kier alpha value is -1.39. The molecule has 1 aliphatic heterocycles. The Bertz CT molecular complexity index is 382. The molecular formula is C14H18O4. The van der Waals surface area contributed by atoms with Gasteiger partial charge in [0.15, 0.2) is 0 Å². The SMILES string of the molecule is O=C(O)CC1(OCc2ccccc2)CCOCC1. The van der Waals surface area contributed by atoms with Gasteiger partial charge in [0.05, 0.1) is 18.6 Å². The predicted octanol–water partition coefficient (Wildman–Crippen LogP) is 2.23. The van der Waals surface area contributed by atoms with Gasteiger partial charge in [-0.2, -0.15) is 0 Å². The first kappa shape index (κ1) is 13.1. The Labute approximate surface area is 107 Å². The fourth-order valence-electron chi connectivity index (χ4n) is 2.20. The highest BCUT2D eigenvalue weighted by Gasteiger charge is 2.35. The van der Waals surface area contributed by atoms with Crippen LogP contribution in [0.4, 0.5) is 0 Å². The Morgan fingerprint density at radius 1 is 1.28 bits per heavy atom. The lowest BCUT2D eigenvalue weighted by Crippen LogP contribution is -2.41. The first-order valence-electron chi connectivity index (χ1n) is 6.18. The van der Waals surface area contributed by atoms with E-state index < -0.39 is 11.6 Å². The molecule has 1 saturated heterocycles. The van der Waals surface area contributed by atoms with Crippen LogP contribution in [-0.2, 0) is 20.9 Å². The molecule has 4 nitrogen and oxygen atoms in total. The van der Waals surface area contributed by atoms with E-state index in [0.717, 1.165) is 5.56 Å². The second-order valence-electron chi connectivity index (χ2n) is 4.64. The van der Waals surface area contributed by atoms with Crippen molar-refractivity contribution in [1.29, 1.82) is 0 Å². The molecule has 0 bridgehead atoms. The Balaban J connectivity index is 1.99. The smallest absolute Gasteiger partial charge is 0.306 e. The molecule has 4 heteroatoms. The predicted molar refractivity (Wildman–Crippen MR) is 66.3 cm³/mol. The maximum absolute atomic E-state index is 11.0. The number of aliphatic carboxylic acids is 1. The van der Waals surface area contributed by atoms with Crippen LogP contribution in [0.15, 0.2) is 30.3 Å². The summed E-state index contributed by atoms with van der Waals surface area (Å²) in [7, 11) is 0. The van der Waals surface area contributed by atoms with Crippen molar-refractivity contribution in [3.8, 4) is 0 Å². The minimum absolute atomic E-state index is 0.0448. The van der Waals surface area contributed by atoms with E-state index in [4.69, 9.17) is 14.6 Å². The fourth-order valence-corrected chi connectivity index (χ4v) is 2.20. The Kier molecular flexibility index (Phi) is 4.33. The number of carbonyl (C=O) groups is 1. The molecule has 1 heterocycles. The topological polar surface area (TPSA) is 55.8 Å². The summed E-state index contributed by atoms with van der Waals surface area (Å²) in [6, 6.07) is 9.81. The van der Waals surface area contributed by atoms with Crippen molar-refractivity contribution in [2.45, 2.75) is 31.5 Å². The highest BCUT2D eigenvalue weighted by atomic mass is 16.5. The van der Waals surface area contributed by atoms with Crippen molar-refractivity contribution in [3.63, 3.8) is 0 Å². The van der Waals surface area contributed by atoms with Crippen molar-refractivity contribution in [3.05, 3.63) is 35.9 Å². The van der Waals surface area contributed by atoms with Gasteiger partial charge in [0.2, 0.25) is 0 Å². The average Bonchev–Trinajstić information content (AvgIpc) is 2.38. The molecule has 2 rings (SSSR count). The van der Waals surface area contributed by atoms with E-state index in [0.29, 0.717) is 32.7 Å². The molecule has 1 N–H and O–H groups in total. The molecule has 1 aliphatic rings. The summed E-state index contributed by atoms with van der Waals surface area (Å²) in [5, 5.41) is 9.01. The quantitative estimate of drug-likeness (QED) is 0.870. The molecule has 0 spiro atoms. The molecule has 18 heavy (non-hydrogen) atoms. The van der Waals surface area contributed by atoms with Gasteiger partial charge in [-0.25, -0.2) is 0 Å². The molecule has 1 aromatic rings. The maximum atomic E-state index is 11.0. The van der Waals surface area contributed by atoms with Crippen molar-refractivity contribution in [2.24, 2.45) is 0 Å². The van der Waals surface area contributed by atoms with E-state index in [1.807, 2.05) is 30.3 Å². The van der Waals surface area contributed by atoms with E-state index in [2.05, 4.69) is 0 Å². The van der Waals surface area contributed by atoms with Crippen molar-refractivity contribution in [1.82, 2.24) is 0 Å². The lowest BCUT2D eigenvalue weighted by Gasteiger charge is -2.36. The standard InChI is InChI=1S/C14H18O4/c15-13(16)10-14(6-8-17-9-7-14)18-11-12-4-2-1-3-5-12/h1-5H,6-11H2,(H,15,16). The van der Waals surface area contributed by atoms with Crippen LogP contribution in [0, 0.1) is 0 Å². The van der Waals surface area contributed by atoms with Gasteiger partial charge in [0, 0.05) is 26.1 Å².